The number of amides is 1. The van der Waals surface area contributed by atoms with Crippen LogP contribution in [0.5, 0.6) is 0 Å². The van der Waals surface area contributed by atoms with E-state index in [0.717, 1.165) is 6.42 Å². The fourth-order valence-electron chi connectivity index (χ4n) is 4.09. The first-order valence-electron chi connectivity index (χ1n) is 10.7. The van der Waals surface area contributed by atoms with Gasteiger partial charge in [0.2, 0.25) is 5.76 Å². The van der Waals surface area contributed by atoms with Gasteiger partial charge in [-0.15, -0.1) is 0 Å². The highest BCUT2D eigenvalue weighted by Gasteiger charge is 2.39. The van der Waals surface area contributed by atoms with Crippen LogP contribution in [0.2, 0.25) is 5.15 Å². The number of fused-ring (bicyclic) bond motifs is 1. The maximum absolute atomic E-state index is 13.2. The molecule has 3 rings (SSSR count). The molecule has 0 saturated carbocycles. The fourth-order valence-corrected chi connectivity index (χ4v) is 4.32. The molecule has 9 heteroatoms. The summed E-state index contributed by atoms with van der Waals surface area (Å²) in [6, 6.07) is 1.34. The summed E-state index contributed by atoms with van der Waals surface area (Å²) in [5, 5.41) is 0.749. The maximum Gasteiger partial charge on any atom is 0.414 e. The number of esters is 1. The summed E-state index contributed by atoms with van der Waals surface area (Å²) in [4.78, 5) is 31.8. The molecule has 3 heterocycles. The third-order valence-corrected chi connectivity index (χ3v) is 5.53. The van der Waals surface area contributed by atoms with Gasteiger partial charge in [-0.3, -0.25) is 4.90 Å². The lowest BCUT2D eigenvalue weighted by atomic mass is 9.95. The van der Waals surface area contributed by atoms with Gasteiger partial charge in [-0.25, -0.2) is 14.6 Å². The molecule has 31 heavy (non-hydrogen) atoms. The largest absolute Gasteiger partial charge is 0.460 e. The van der Waals surface area contributed by atoms with E-state index in [2.05, 4.69) is 4.98 Å². The lowest BCUT2D eigenvalue weighted by Crippen LogP contribution is -2.48. The zero-order valence-electron chi connectivity index (χ0n) is 18.6. The average Bonchev–Trinajstić information content (AvgIpc) is 3.08. The van der Waals surface area contributed by atoms with Crippen molar-refractivity contribution in [1.82, 2.24) is 4.98 Å². The molecule has 8 nitrogen and oxygen atoms in total. The molecule has 3 atom stereocenters. The van der Waals surface area contributed by atoms with Gasteiger partial charge in [-0.2, -0.15) is 0 Å². The van der Waals surface area contributed by atoms with Crippen LogP contribution < -0.4 is 4.90 Å². The van der Waals surface area contributed by atoms with Gasteiger partial charge in [0, 0.05) is 6.04 Å². The summed E-state index contributed by atoms with van der Waals surface area (Å²) in [6.45, 7) is 9.55. The van der Waals surface area contributed by atoms with Crippen LogP contribution in [0.1, 0.15) is 63.2 Å². The van der Waals surface area contributed by atoms with Crippen molar-refractivity contribution in [2.75, 3.05) is 18.1 Å². The molecule has 0 unspecified atom stereocenters. The molecule has 0 spiro atoms. The van der Waals surface area contributed by atoms with Crippen molar-refractivity contribution in [1.29, 1.82) is 0 Å². The summed E-state index contributed by atoms with van der Waals surface area (Å²) >= 11 is 6.22. The van der Waals surface area contributed by atoms with Gasteiger partial charge < -0.3 is 18.6 Å². The molecule has 170 valence electrons. The van der Waals surface area contributed by atoms with Gasteiger partial charge >= 0.3 is 12.1 Å². The number of anilines is 1. The molecule has 0 radical (unpaired) electrons. The van der Waals surface area contributed by atoms with Crippen LogP contribution in [0.4, 0.5) is 10.5 Å². The van der Waals surface area contributed by atoms with E-state index in [1.165, 1.54) is 4.90 Å². The Balaban J connectivity index is 2.23. The topological polar surface area (TPSA) is 91.1 Å². The van der Waals surface area contributed by atoms with Crippen molar-refractivity contribution in [3.63, 3.8) is 0 Å². The Kier molecular flexibility index (Phi) is 7.43. The fraction of sp³-hybridized carbons (Fsp3) is 0.591. The average molecular weight is 453 g/mol. The first-order chi connectivity index (χ1) is 14.8. The zero-order valence-corrected chi connectivity index (χ0v) is 19.3. The number of aromatic nitrogens is 1. The van der Waals surface area contributed by atoms with Gasteiger partial charge in [-0.1, -0.05) is 18.5 Å². The van der Waals surface area contributed by atoms with E-state index in [0.29, 0.717) is 35.2 Å². The van der Waals surface area contributed by atoms with Crippen molar-refractivity contribution in [2.45, 2.75) is 72.1 Å². The summed E-state index contributed by atoms with van der Waals surface area (Å²) in [7, 11) is 0. The molecule has 1 saturated heterocycles. The van der Waals surface area contributed by atoms with Crippen LogP contribution in [0, 0.1) is 6.92 Å². The lowest BCUT2D eigenvalue weighted by molar-refractivity contribution is -0.0485. The molecule has 2 aromatic rings. The van der Waals surface area contributed by atoms with Gasteiger partial charge in [-0.05, 0) is 53.0 Å². The third-order valence-electron chi connectivity index (χ3n) is 5.34. The van der Waals surface area contributed by atoms with E-state index in [9.17, 15) is 9.59 Å². The molecule has 0 aliphatic carbocycles. The molecular weight excluding hydrogens is 424 g/mol. The Labute approximate surface area is 186 Å². The number of aryl methyl sites for hydroxylation is 1. The van der Waals surface area contributed by atoms with Crippen molar-refractivity contribution in [3.05, 3.63) is 22.7 Å². The van der Waals surface area contributed by atoms with Gasteiger partial charge in [0.25, 0.3) is 0 Å². The number of carbonyl (C=O) groups excluding carboxylic acids is 2. The highest BCUT2D eigenvalue weighted by Crippen LogP contribution is 2.40. The van der Waals surface area contributed by atoms with Crippen LogP contribution in [0.25, 0.3) is 11.0 Å². The number of rotatable bonds is 6. The minimum absolute atomic E-state index is 0.0122. The van der Waals surface area contributed by atoms with E-state index >= 15 is 0 Å². The highest BCUT2D eigenvalue weighted by atomic mass is 35.5. The second-order valence-electron chi connectivity index (χ2n) is 7.58. The van der Waals surface area contributed by atoms with Crippen LogP contribution in [0.15, 0.2) is 10.5 Å². The molecule has 0 N–H and O–H groups in total. The third kappa shape index (κ3) is 4.80. The molecular formula is C22H29ClN2O6. The summed E-state index contributed by atoms with van der Waals surface area (Å²) < 4.78 is 22.5. The Bertz CT molecular complexity index is 959. The van der Waals surface area contributed by atoms with E-state index in [4.69, 9.17) is 30.2 Å². The monoisotopic (exact) mass is 452 g/mol. The van der Waals surface area contributed by atoms with Crippen molar-refractivity contribution in [2.24, 2.45) is 0 Å². The minimum Gasteiger partial charge on any atom is -0.460 e. The second-order valence-corrected chi connectivity index (χ2v) is 7.97. The standard InChI is InChI=1S/C22H29ClN2O6/c1-6-15-10-14(9-12(4)30-15)25(22(27)29-8-3)18-16-11-17(23)24-13(5)19(16)31-20(18)21(26)28-7-2/h11-12,14-15H,6-10H2,1-5H3/t12-,14+,15+/m1/s1. The first-order valence-corrected chi connectivity index (χ1v) is 11.1. The zero-order chi connectivity index (χ0) is 22.7. The molecule has 1 fully saturated rings. The Morgan fingerprint density at radius 2 is 1.94 bits per heavy atom. The number of hydrogen-bond acceptors (Lipinski definition) is 7. The van der Waals surface area contributed by atoms with Crippen molar-refractivity contribution in [3.8, 4) is 0 Å². The normalized spacial score (nSPS) is 21.2. The van der Waals surface area contributed by atoms with E-state index in [1.807, 2.05) is 13.8 Å². The summed E-state index contributed by atoms with van der Waals surface area (Å²) in [5.41, 5.74) is 1.19. The Morgan fingerprint density at radius 3 is 2.58 bits per heavy atom. The number of pyridine rings is 1. The van der Waals surface area contributed by atoms with Gasteiger partial charge in [0.1, 0.15) is 10.8 Å². The van der Waals surface area contributed by atoms with Gasteiger partial charge in [0.05, 0.1) is 36.5 Å². The molecule has 1 aliphatic rings. The van der Waals surface area contributed by atoms with Gasteiger partial charge in [0.15, 0.2) is 5.58 Å². The maximum atomic E-state index is 13.2. The Hall–Kier alpha value is -2.32. The SMILES string of the molecule is CCOC(=O)c1oc2c(C)nc(Cl)cc2c1N(C(=O)OCC)[C@@H]1C[C@H](CC)O[C@H](C)C1. The highest BCUT2D eigenvalue weighted by molar-refractivity contribution is 6.30. The molecule has 1 amide bonds. The van der Waals surface area contributed by atoms with Crippen molar-refractivity contribution >= 4 is 40.3 Å². The smallest absolute Gasteiger partial charge is 0.414 e. The van der Waals surface area contributed by atoms with E-state index in [-0.39, 0.29) is 42.4 Å². The van der Waals surface area contributed by atoms with Crippen LogP contribution in [0.3, 0.4) is 0 Å². The van der Waals surface area contributed by atoms with Crippen LogP contribution >= 0.6 is 11.6 Å². The molecule has 0 aromatic carbocycles. The number of furan rings is 1. The number of ether oxygens (including phenoxy) is 3. The second kappa shape index (κ2) is 9.87. The van der Waals surface area contributed by atoms with E-state index in [1.54, 1.807) is 26.8 Å². The summed E-state index contributed by atoms with van der Waals surface area (Å²) in [5.74, 6) is -0.727. The molecule has 0 bridgehead atoms. The minimum atomic E-state index is -0.661. The lowest BCUT2D eigenvalue weighted by Gasteiger charge is -2.39. The van der Waals surface area contributed by atoms with Crippen molar-refractivity contribution < 1.29 is 28.2 Å². The van der Waals surface area contributed by atoms with Crippen LogP contribution in [-0.4, -0.2) is 48.5 Å². The number of halogens is 1. The predicted octanol–water partition coefficient (Wildman–Crippen LogP) is 5.28. The molecule has 2 aromatic heterocycles. The first kappa shape index (κ1) is 23.3. The van der Waals surface area contributed by atoms with E-state index < -0.39 is 12.1 Å². The number of carbonyl (C=O) groups is 2. The Morgan fingerprint density at radius 1 is 1.23 bits per heavy atom. The number of nitrogens with zero attached hydrogens (tertiary/aromatic N) is 2. The quantitative estimate of drug-likeness (QED) is 0.435. The summed E-state index contributed by atoms with van der Waals surface area (Å²) in [6.07, 6.45) is 1.37. The predicted molar refractivity (Wildman–Crippen MR) is 117 cm³/mol. The molecule has 1 aliphatic heterocycles. The van der Waals surface area contributed by atoms with Crippen LogP contribution in [-0.2, 0) is 14.2 Å². The number of hydrogen-bond donors (Lipinski definition) is 0.